The van der Waals surface area contributed by atoms with E-state index in [1.54, 1.807) is 18.0 Å². The van der Waals surface area contributed by atoms with E-state index in [0.29, 0.717) is 0 Å². The third-order valence-corrected chi connectivity index (χ3v) is 2.31. The molecule has 0 aliphatic carbocycles. The monoisotopic (exact) mass is 142 g/mol. The second kappa shape index (κ2) is 2.48. The Morgan fingerprint density at radius 1 is 1.44 bits per heavy atom. The molecule has 1 heterocycles. The Hall–Kier alpha value is -0.370. The lowest BCUT2D eigenvalue weighted by molar-refractivity contribution is 0.526. The summed E-state index contributed by atoms with van der Waals surface area (Å²) in [6, 6.07) is 0. The average molecular weight is 142 g/mol. The van der Waals surface area contributed by atoms with Gasteiger partial charge in [-0.15, -0.1) is 11.8 Å². The van der Waals surface area contributed by atoms with Gasteiger partial charge in [0, 0.05) is 5.56 Å². The molecule has 2 heteroatoms. The average Bonchev–Trinajstić information content (AvgIpc) is 2.12. The fraction of sp³-hybridized carbons (Fsp3) is 0.429. The minimum atomic E-state index is 1.03. The van der Waals surface area contributed by atoms with Crippen LogP contribution < -0.4 is 0 Å². The molecule has 0 radical (unpaired) electrons. The van der Waals surface area contributed by atoms with Crippen molar-refractivity contribution in [2.75, 3.05) is 6.26 Å². The number of furan rings is 1. The van der Waals surface area contributed by atoms with Crippen LogP contribution in [0.15, 0.2) is 15.6 Å². The molecule has 1 aromatic heterocycles. The van der Waals surface area contributed by atoms with Crippen molar-refractivity contribution < 1.29 is 4.42 Å². The Bertz CT molecular complexity index is 183. The predicted molar refractivity (Wildman–Crippen MR) is 40.0 cm³/mol. The maximum Gasteiger partial charge on any atom is 0.114 e. The Morgan fingerprint density at radius 2 is 2.11 bits per heavy atom. The Kier molecular flexibility index (Phi) is 1.86. The van der Waals surface area contributed by atoms with Gasteiger partial charge in [0.25, 0.3) is 0 Å². The highest BCUT2D eigenvalue weighted by Crippen LogP contribution is 2.24. The second-order valence-electron chi connectivity index (χ2n) is 2.01. The number of hydrogen-bond donors (Lipinski definition) is 0. The highest BCUT2D eigenvalue weighted by molar-refractivity contribution is 7.98. The van der Waals surface area contributed by atoms with Crippen molar-refractivity contribution in [1.29, 1.82) is 0 Å². The van der Waals surface area contributed by atoms with Crippen LogP contribution in [0.1, 0.15) is 11.3 Å². The third kappa shape index (κ3) is 1.13. The van der Waals surface area contributed by atoms with Crippen LogP contribution in [0, 0.1) is 13.8 Å². The third-order valence-electron chi connectivity index (χ3n) is 1.29. The number of thioether (sulfide) groups is 1. The number of aryl methyl sites for hydroxylation is 2. The molecule has 0 fully saturated rings. The van der Waals surface area contributed by atoms with E-state index in [1.165, 1.54) is 10.5 Å². The van der Waals surface area contributed by atoms with Crippen molar-refractivity contribution >= 4 is 11.8 Å². The topological polar surface area (TPSA) is 13.1 Å². The van der Waals surface area contributed by atoms with E-state index < -0.39 is 0 Å². The zero-order valence-electron chi connectivity index (χ0n) is 5.89. The molecule has 0 N–H and O–H groups in total. The first kappa shape index (κ1) is 6.75. The minimum Gasteiger partial charge on any atom is -0.468 e. The van der Waals surface area contributed by atoms with Crippen molar-refractivity contribution in [3.63, 3.8) is 0 Å². The SMILES string of the molecule is CSc1c(C)coc1C. The first-order valence-corrected chi connectivity index (χ1v) is 4.07. The predicted octanol–water partition coefficient (Wildman–Crippen LogP) is 2.62. The van der Waals surface area contributed by atoms with Gasteiger partial charge in [-0.1, -0.05) is 0 Å². The second-order valence-corrected chi connectivity index (χ2v) is 2.82. The molecule has 1 aromatic rings. The molecule has 0 bridgehead atoms. The molecule has 0 saturated heterocycles. The molecule has 0 aliphatic rings. The summed E-state index contributed by atoms with van der Waals surface area (Å²) in [5, 5.41) is 0. The van der Waals surface area contributed by atoms with Crippen LogP contribution in [0.2, 0.25) is 0 Å². The Balaban J connectivity index is 3.07. The van der Waals surface area contributed by atoms with E-state index >= 15 is 0 Å². The number of rotatable bonds is 1. The highest BCUT2D eigenvalue weighted by atomic mass is 32.2. The molecule has 0 atom stereocenters. The Labute approximate surface area is 59.4 Å². The normalized spacial score (nSPS) is 10.1. The van der Waals surface area contributed by atoms with Crippen LogP contribution in [-0.4, -0.2) is 6.26 Å². The molecule has 0 spiro atoms. The van der Waals surface area contributed by atoms with E-state index in [4.69, 9.17) is 4.42 Å². The smallest absolute Gasteiger partial charge is 0.114 e. The maximum absolute atomic E-state index is 5.17. The standard InChI is InChI=1S/C7H10OS/c1-5-4-8-6(2)7(5)9-3/h4H,1-3H3. The van der Waals surface area contributed by atoms with E-state index in [2.05, 4.69) is 13.2 Å². The van der Waals surface area contributed by atoms with Crippen molar-refractivity contribution in [1.82, 2.24) is 0 Å². The molecular weight excluding hydrogens is 132 g/mol. The van der Waals surface area contributed by atoms with Gasteiger partial charge in [0.15, 0.2) is 0 Å². The van der Waals surface area contributed by atoms with Gasteiger partial charge in [0.05, 0.1) is 11.2 Å². The zero-order chi connectivity index (χ0) is 6.85. The lowest BCUT2D eigenvalue weighted by atomic mass is 10.3. The van der Waals surface area contributed by atoms with Gasteiger partial charge in [0.2, 0.25) is 0 Å². The van der Waals surface area contributed by atoms with Crippen molar-refractivity contribution in [2.45, 2.75) is 18.7 Å². The molecule has 1 rings (SSSR count). The maximum atomic E-state index is 5.17. The van der Waals surface area contributed by atoms with Crippen LogP contribution in [-0.2, 0) is 0 Å². The largest absolute Gasteiger partial charge is 0.468 e. The van der Waals surface area contributed by atoms with Crippen LogP contribution in [0.4, 0.5) is 0 Å². The van der Waals surface area contributed by atoms with Gasteiger partial charge < -0.3 is 4.42 Å². The first-order chi connectivity index (χ1) is 4.25. The van der Waals surface area contributed by atoms with Gasteiger partial charge >= 0.3 is 0 Å². The molecule has 9 heavy (non-hydrogen) atoms. The van der Waals surface area contributed by atoms with E-state index in [1.807, 2.05) is 6.92 Å². The summed E-state index contributed by atoms with van der Waals surface area (Å²) >= 11 is 1.73. The summed E-state index contributed by atoms with van der Waals surface area (Å²) in [5.41, 5.74) is 1.24. The van der Waals surface area contributed by atoms with Crippen molar-refractivity contribution in [2.24, 2.45) is 0 Å². The Morgan fingerprint density at radius 3 is 2.33 bits per heavy atom. The quantitative estimate of drug-likeness (QED) is 0.559. The van der Waals surface area contributed by atoms with Crippen molar-refractivity contribution in [3.8, 4) is 0 Å². The number of hydrogen-bond acceptors (Lipinski definition) is 2. The van der Waals surface area contributed by atoms with Gasteiger partial charge in [-0.3, -0.25) is 0 Å². The summed E-state index contributed by atoms with van der Waals surface area (Å²) in [5.74, 6) is 1.03. The van der Waals surface area contributed by atoms with Gasteiger partial charge in [0.1, 0.15) is 5.76 Å². The van der Waals surface area contributed by atoms with Crippen molar-refractivity contribution in [3.05, 3.63) is 17.6 Å². The summed E-state index contributed by atoms with van der Waals surface area (Å²) in [7, 11) is 0. The van der Waals surface area contributed by atoms with Crippen LogP contribution in [0.3, 0.4) is 0 Å². The summed E-state index contributed by atoms with van der Waals surface area (Å²) in [6.45, 7) is 4.04. The van der Waals surface area contributed by atoms with Crippen LogP contribution >= 0.6 is 11.8 Å². The molecule has 0 aromatic carbocycles. The van der Waals surface area contributed by atoms with Crippen LogP contribution in [0.5, 0.6) is 0 Å². The van der Waals surface area contributed by atoms with E-state index in [9.17, 15) is 0 Å². The molecule has 50 valence electrons. The molecule has 0 aliphatic heterocycles. The summed E-state index contributed by atoms with van der Waals surface area (Å²) in [6.07, 6.45) is 3.85. The molecule has 0 unspecified atom stereocenters. The summed E-state index contributed by atoms with van der Waals surface area (Å²) in [4.78, 5) is 1.27. The lowest BCUT2D eigenvalue weighted by Gasteiger charge is -1.90. The highest BCUT2D eigenvalue weighted by Gasteiger charge is 2.02. The molecule has 1 nitrogen and oxygen atoms in total. The first-order valence-electron chi connectivity index (χ1n) is 2.84. The van der Waals surface area contributed by atoms with E-state index in [-0.39, 0.29) is 0 Å². The van der Waals surface area contributed by atoms with Gasteiger partial charge in [-0.25, -0.2) is 0 Å². The fourth-order valence-electron chi connectivity index (χ4n) is 0.866. The fourth-order valence-corrected chi connectivity index (χ4v) is 1.57. The van der Waals surface area contributed by atoms with Gasteiger partial charge in [-0.05, 0) is 20.1 Å². The molecule has 0 saturated carbocycles. The molecule has 0 amide bonds. The molecular formula is C7H10OS. The van der Waals surface area contributed by atoms with E-state index in [0.717, 1.165) is 5.76 Å². The van der Waals surface area contributed by atoms with Crippen LogP contribution in [0.25, 0.3) is 0 Å². The zero-order valence-corrected chi connectivity index (χ0v) is 6.71. The minimum absolute atomic E-state index is 1.03. The lowest BCUT2D eigenvalue weighted by Crippen LogP contribution is -1.70. The summed E-state index contributed by atoms with van der Waals surface area (Å²) < 4.78 is 5.17. The van der Waals surface area contributed by atoms with Gasteiger partial charge in [-0.2, -0.15) is 0 Å².